The van der Waals surface area contributed by atoms with E-state index in [0.29, 0.717) is 5.76 Å². The summed E-state index contributed by atoms with van der Waals surface area (Å²) < 4.78 is 4.72. The van der Waals surface area contributed by atoms with Crippen molar-refractivity contribution in [1.29, 1.82) is 0 Å². The molecule has 58 valence electrons. The first kappa shape index (κ1) is 9.08. The predicted octanol–water partition coefficient (Wildman–Crippen LogP) is 2.74. The van der Waals surface area contributed by atoms with E-state index >= 15 is 0 Å². The summed E-state index contributed by atoms with van der Waals surface area (Å²) >= 11 is 0. The molecule has 2 heteroatoms. The zero-order valence-corrected chi connectivity index (χ0v) is 6.39. The minimum atomic E-state index is -0.277. The standard InChI is InChI=1S/C8H14O2/c1-4-5-6-7(2)10-8(3)9/h9H,2-6H2,1H3. The van der Waals surface area contributed by atoms with Gasteiger partial charge in [0.25, 0.3) is 5.95 Å². The van der Waals surface area contributed by atoms with E-state index < -0.39 is 0 Å². The van der Waals surface area contributed by atoms with Crippen molar-refractivity contribution in [2.45, 2.75) is 26.2 Å². The van der Waals surface area contributed by atoms with Gasteiger partial charge in [0, 0.05) is 6.42 Å². The van der Waals surface area contributed by atoms with Gasteiger partial charge in [-0.15, -0.1) is 0 Å². The van der Waals surface area contributed by atoms with Crippen LogP contribution in [0.2, 0.25) is 0 Å². The topological polar surface area (TPSA) is 29.5 Å². The maximum absolute atomic E-state index is 8.54. The number of unbranched alkanes of at least 4 members (excludes halogenated alkanes) is 1. The van der Waals surface area contributed by atoms with E-state index in [4.69, 9.17) is 9.84 Å². The van der Waals surface area contributed by atoms with Crippen molar-refractivity contribution in [2.75, 3.05) is 0 Å². The van der Waals surface area contributed by atoms with Crippen LogP contribution >= 0.6 is 0 Å². The molecule has 2 nitrogen and oxygen atoms in total. The van der Waals surface area contributed by atoms with E-state index in [2.05, 4.69) is 20.1 Å². The van der Waals surface area contributed by atoms with Gasteiger partial charge in [-0.3, -0.25) is 0 Å². The lowest BCUT2D eigenvalue weighted by Gasteiger charge is -2.04. The van der Waals surface area contributed by atoms with Crippen molar-refractivity contribution in [3.05, 3.63) is 24.9 Å². The fourth-order valence-corrected chi connectivity index (χ4v) is 0.592. The van der Waals surface area contributed by atoms with Gasteiger partial charge in [-0.25, -0.2) is 0 Å². The Morgan fingerprint density at radius 1 is 1.50 bits per heavy atom. The van der Waals surface area contributed by atoms with E-state index in [9.17, 15) is 0 Å². The monoisotopic (exact) mass is 142 g/mol. The molecule has 0 aliphatic heterocycles. The smallest absolute Gasteiger partial charge is 0.274 e. The lowest BCUT2D eigenvalue weighted by atomic mass is 10.2. The molecule has 0 amide bonds. The molecule has 0 rings (SSSR count). The highest BCUT2D eigenvalue weighted by Crippen LogP contribution is 2.08. The number of aliphatic hydroxyl groups is 1. The summed E-state index contributed by atoms with van der Waals surface area (Å²) in [5.74, 6) is 0.301. The summed E-state index contributed by atoms with van der Waals surface area (Å²) in [6, 6.07) is 0. The Morgan fingerprint density at radius 3 is 2.50 bits per heavy atom. The molecule has 0 aromatic heterocycles. The van der Waals surface area contributed by atoms with Gasteiger partial charge >= 0.3 is 0 Å². The lowest BCUT2D eigenvalue weighted by molar-refractivity contribution is 0.143. The van der Waals surface area contributed by atoms with Crippen LogP contribution in [-0.4, -0.2) is 5.11 Å². The van der Waals surface area contributed by atoms with Crippen LogP contribution in [0, 0.1) is 0 Å². The number of ether oxygens (including phenoxy) is 1. The van der Waals surface area contributed by atoms with Gasteiger partial charge in [0.2, 0.25) is 0 Å². The summed E-state index contributed by atoms with van der Waals surface area (Å²) in [5, 5.41) is 8.54. The molecule has 0 saturated carbocycles. The predicted molar refractivity (Wildman–Crippen MR) is 41.5 cm³/mol. The first-order valence-electron chi connectivity index (χ1n) is 3.40. The third kappa shape index (κ3) is 5.22. The molecule has 0 aromatic rings. The van der Waals surface area contributed by atoms with Gasteiger partial charge < -0.3 is 9.84 Å². The van der Waals surface area contributed by atoms with Gasteiger partial charge in [0.1, 0.15) is 5.76 Å². The molecule has 0 atom stereocenters. The van der Waals surface area contributed by atoms with Crippen LogP contribution < -0.4 is 0 Å². The van der Waals surface area contributed by atoms with Crippen molar-refractivity contribution in [3.8, 4) is 0 Å². The quantitative estimate of drug-likeness (QED) is 0.598. The Bertz CT molecular complexity index is 127. The second-order valence-electron chi connectivity index (χ2n) is 2.14. The van der Waals surface area contributed by atoms with E-state index in [1.807, 2.05) is 0 Å². The maximum Gasteiger partial charge on any atom is 0.274 e. The Kier molecular flexibility index (Phi) is 4.46. The molecule has 0 heterocycles. The van der Waals surface area contributed by atoms with Crippen LogP contribution in [0.3, 0.4) is 0 Å². The molecule has 0 unspecified atom stereocenters. The molecule has 0 saturated heterocycles. The Balaban J connectivity index is 3.35. The molecule has 0 radical (unpaired) electrons. The number of hydrogen-bond acceptors (Lipinski definition) is 2. The van der Waals surface area contributed by atoms with Gasteiger partial charge in [0.15, 0.2) is 0 Å². The van der Waals surface area contributed by atoms with Crippen molar-refractivity contribution >= 4 is 0 Å². The summed E-state index contributed by atoms with van der Waals surface area (Å²) in [4.78, 5) is 0. The van der Waals surface area contributed by atoms with Gasteiger partial charge in [-0.1, -0.05) is 19.9 Å². The minimum Gasteiger partial charge on any atom is -0.481 e. The highest BCUT2D eigenvalue weighted by molar-refractivity contribution is 4.86. The van der Waals surface area contributed by atoms with Crippen LogP contribution in [0.5, 0.6) is 0 Å². The second-order valence-corrected chi connectivity index (χ2v) is 2.14. The first-order valence-corrected chi connectivity index (χ1v) is 3.40. The van der Waals surface area contributed by atoms with Gasteiger partial charge in [0.05, 0.1) is 0 Å². The molecular formula is C8H14O2. The van der Waals surface area contributed by atoms with Crippen molar-refractivity contribution in [2.24, 2.45) is 0 Å². The summed E-state index contributed by atoms with van der Waals surface area (Å²) in [5.41, 5.74) is 0. The van der Waals surface area contributed by atoms with Crippen LogP contribution in [0.1, 0.15) is 26.2 Å². The molecule has 0 spiro atoms. The molecule has 0 bridgehead atoms. The zero-order valence-electron chi connectivity index (χ0n) is 6.39. The molecule has 0 aliphatic carbocycles. The molecule has 0 fully saturated rings. The number of hydrogen-bond donors (Lipinski definition) is 1. The zero-order chi connectivity index (χ0) is 7.98. The molecule has 1 N–H and O–H groups in total. The average Bonchev–Trinajstić information content (AvgIpc) is 1.82. The summed E-state index contributed by atoms with van der Waals surface area (Å²) in [7, 11) is 0. The maximum atomic E-state index is 8.54. The molecule has 0 aromatic carbocycles. The van der Waals surface area contributed by atoms with Crippen LogP contribution in [0.25, 0.3) is 0 Å². The summed E-state index contributed by atoms with van der Waals surface area (Å²) in [6.07, 6.45) is 2.92. The van der Waals surface area contributed by atoms with Crippen LogP contribution in [-0.2, 0) is 4.74 Å². The van der Waals surface area contributed by atoms with Gasteiger partial charge in [-0.05, 0) is 13.0 Å². The van der Waals surface area contributed by atoms with E-state index in [-0.39, 0.29) is 5.95 Å². The largest absolute Gasteiger partial charge is 0.481 e. The SMILES string of the molecule is C=C(O)OC(=C)CCCC. The number of allylic oxidation sites excluding steroid dienone is 1. The van der Waals surface area contributed by atoms with Crippen molar-refractivity contribution < 1.29 is 9.84 Å². The summed E-state index contributed by atoms with van der Waals surface area (Å²) in [6.45, 7) is 8.85. The van der Waals surface area contributed by atoms with Crippen molar-refractivity contribution in [1.82, 2.24) is 0 Å². The first-order chi connectivity index (χ1) is 4.66. The highest BCUT2D eigenvalue weighted by atomic mass is 16.6. The van der Waals surface area contributed by atoms with E-state index in [0.717, 1.165) is 19.3 Å². The lowest BCUT2D eigenvalue weighted by Crippen LogP contribution is -1.89. The van der Waals surface area contributed by atoms with Gasteiger partial charge in [-0.2, -0.15) is 0 Å². The Hall–Kier alpha value is -0.920. The van der Waals surface area contributed by atoms with E-state index in [1.165, 1.54) is 0 Å². The third-order valence-corrected chi connectivity index (χ3v) is 1.07. The number of aliphatic hydroxyl groups excluding tert-OH is 1. The third-order valence-electron chi connectivity index (χ3n) is 1.07. The fraction of sp³-hybridized carbons (Fsp3) is 0.500. The molecule has 0 aliphatic rings. The number of rotatable bonds is 5. The van der Waals surface area contributed by atoms with E-state index in [1.54, 1.807) is 0 Å². The highest BCUT2D eigenvalue weighted by Gasteiger charge is 1.94. The minimum absolute atomic E-state index is 0.277. The normalized spacial score (nSPS) is 8.90. The molecular weight excluding hydrogens is 128 g/mol. The van der Waals surface area contributed by atoms with Crippen molar-refractivity contribution in [3.63, 3.8) is 0 Å². The Labute approximate surface area is 61.8 Å². The van der Waals surface area contributed by atoms with Crippen LogP contribution in [0.15, 0.2) is 24.9 Å². The second kappa shape index (κ2) is 4.91. The molecule has 10 heavy (non-hydrogen) atoms. The average molecular weight is 142 g/mol. The van der Waals surface area contributed by atoms with Crippen LogP contribution in [0.4, 0.5) is 0 Å². The Morgan fingerprint density at radius 2 is 2.10 bits per heavy atom. The fourth-order valence-electron chi connectivity index (χ4n) is 0.592.